The number of likely N-dealkylation sites (tertiary alicyclic amines) is 1. The van der Waals surface area contributed by atoms with Crippen molar-refractivity contribution in [2.75, 3.05) is 26.2 Å². The summed E-state index contributed by atoms with van der Waals surface area (Å²) in [6.45, 7) is 11.4. The summed E-state index contributed by atoms with van der Waals surface area (Å²) >= 11 is 0. The van der Waals surface area contributed by atoms with Crippen LogP contribution in [0.3, 0.4) is 0 Å². The Morgan fingerprint density at radius 2 is 1.89 bits per heavy atom. The summed E-state index contributed by atoms with van der Waals surface area (Å²) in [6, 6.07) is 0. The fourth-order valence-corrected chi connectivity index (χ4v) is 3.77. The van der Waals surface area contributed by atoms with Crippen LogP contribution in [-0.4, -0.2) is 58.7 Å². The van der Waals surface area contributed by atoms with E-state index in [-0.39, 0.29) is 18.1 Å². The summed E-state index contributed by atoms with van der Waals surface area (Å²) in [5, 5.41) is 19.5. The zero-order chi connectivity index (χ0) is 14.3. The summed E-state index contributed by atoms with van der Waals surface area (Å²) in [4.78, 5) is 2.42. The van der Waals surface area contributed by atoms with Gasteiger partial charge in [0.05, 0.1) is 17.3 Å². The van der Waals surface area contributed by atoms with E-state index in [1.807, 2.05) is 13.8 Å². The molecular weight excluding hydrogens is 242 g/mol. The predicted octanol–water partition coefficient (Wildman–Crippen LogP) is 1.26. The number of aliphatic hydroxyl groups excluding tert-OH is 2. The number of nitrogens with zero attached hydrogens (tertiary/aromatic N) is 1. The van der Waals surface area contributed by atoms with Gasteiger partial charge < -0.3 is 19.8 Å². The van der Waals surface area contributed by atoms with Crippen molar-refractivity contribution in [3.05, 3.63) is 0 Å². The van der Waals surface area contributed by atoms with Crippen LogP contribution in [0.5, 0.6) is 0 Å². The lowest BCUT2D eigenvalue weighted by Gasteiger charge is -2.30. The number of aliphatic hydroxyl groups is 2. The van der Waals surface area contributed by atoms with E-state index in [1.165, 1.54) is 0 Å². The van der Waals surface area contributed by atoms with E-state index in [4.69, 9.17) is 9.84 Å². The molecule has 4 nitrogen and oxygen atoms in total. The second-order valence-electron chi connectivity index (χ2n) is 7.29. The largest absolute Gasteiger partial charge is 0.396 e. The molecule has 2 heterocycles. The average Bonchev–Trinajstić information content (AvgIpc) is 2.76. The van der Waals surface area contributed by atoms with Crippen LogP contribution < -0.4 is 0 Å². The molecule has 2 aliphatic heterocycles. The van der Waals surface area contributed by atoms with Crippen molar-refractivity contribution in [1.29, 1.82) is 0 Å². The molecule has 0 bridgehead atoms. The van der Waals surface area contributed by atoms with Crippen LogP contribution in [0.2, 0.25) is 0 Å². The molecule has 0 amide bonds. The van der Waals surface area contributed by atoms with Gasteiger partial charge in [-0.25, -0.2) is 0 Å². The Morgan fingerprint density at radius 1 is 1.21 bits per heavy atom. The van der Waals surface area contributed by atoms with Gasteiger partial charge >= 0.3 is 0 Å². The Kier molecular flexibility index (Phi) is 4.26. The monoisotopic (exact) mass is 271 g/mol. The minimum absolute atomic E-state index is 0.148. The highest BCUT2D eigenvalue weighted by atomic mass is 16.5. The summed E-state index contributed by atoms with van der Waals surface area (Å²) in [5.41, 5.74) is -0.740. The van der Waals surface area contributed by atoms with E-state index in [2.05, 4.69) is 18.7 Å². The first-order valence-corrected chi connectivity index (χ1v) is 7.48. The molecule has 3 unspecified atom stereocenters. The van der Waals surface area contributed by atoms with Crippen molar-refractivity contribution in [2.45, 2.75) is 57.8 Å². The Labute approximate surface area is 116 Å². The minimum Gasteiger partial charge on any atom is -0.396 e. The van der Waals surface area contributed by atoms with Gasteiger partial charge in [-0.05, 0) is 53.0 Å². The van der Waals surface area contributed by atoms with Crippen LogP contribution in [0, 0.1) is 11.8 Å². The number of ether oxygens (including phenoxy) is 1. The van der Waals surface area contributed by atoms with E-state index in [0.717, 1.165) is 32.5 Å². The average molecular weight is 271 g/mol. The van der Waals surface area contributed by atoms with Gasteiger partial charge in [0.2, 0.25) is 0 Å². The molecule has 19 heavy (non-hydrogen) atoms. The molecule has 0 saturated carbocycles. The lowest BCUT2D eigenvalue weighted by atomic mass is 9.84. The van der Waals surface area contributed by atoms with Crippen LogP contribution in [-0.2, 0) is 4.74 Å². The van der Waals surface area contributed by atoms with Gasteiger partial charge in [0, 0.05) is 25.6 Å². The molecule has 0 aromatic heterocycles. The third-order valence-electron chi connectivity index (χ3n) is 4.87. The SMILES string of the molecule is CC1(C)OC(C)(C)C(CN2CCC(CCO)C2)C1O. The molecule has 2 rings (SSSR count). The van der Waals surface area contributed by atoms with E-state index in [0.29, 0.717) is 5.92 Å². The van der Waals surface area contributed by atoms with E-state index >= 15 is 0 Å². The molecule has 0 aromatic carbocycles. The molecule has 3 atom stereocenters. The quantitative estimate of drug-likeness (QED) is 0.808. The molecule has 2 N–H and O–H groups in total. The van der Waals surface area contributed by atoms with E-state index in [9.17, 15) is 5.11 Å². The smallest absolute Gasteiger partial charge is 0.0896 e. The van der Waals surface area contributed by atoms with Gasteiger partial charge in [0.25, 0.3) is 0 Å². The maximum absolute atomic E-state index is 10.5. The van der Waals surface area contributed by atoms with Gasteiger partial charge in [-0.1, -0.05) is 0 Å². The highest BCUT2D eigenvalue weighted by Crippen LogP contribution is 2.43. The molecule has 4 heteroatoms. The van der Waals surface area contributed by atoms with Gasteiger partial charge in [0.1, 0.15) is 0 Å². The summed E-state index contributed by atoms with van der Waals surface area (Å²) < 4.78 is 6.03. The van der Waals surface area contributed by atoms with Gasteiger partial charge in [0.15, 0.2) is 0 Å². The first-order chi connectivity index (χ1) is 8.76. The first-order valence-electron chi connectivity index (χ1n) is 7.48. The van der Waals surface area contributed by atoms with Crippen molar-refractivity contribution in [3.63, 3.8) is 0 Å². The molecular formula is C15H29NO3. The molecule has 2 fully saturated rings. The number of rotatable bonds is 4. The van der Waals surface area contributed by atoms with E-state index < -0.39 is 11.7 Å². The maximum Gasteiger partial charge on any atom is 0.0896 e. The standard InChI is InChI=1S/C15H29NO3/c1-14(2)12(13(18)15(3,4)19-14)10-16-7-5-11(9-16)6-8-17/h11-13,17-18H,5-10H2,1-4H3. The Morgan fingerprint density at radius 3 is 2.42 bits per heavy atom. The highest BCUT2D eigenvalue weighted by Gasteiger charge is 2.53. The van der Waals surface area contributed by atoms with Gasteiger partial charge in [-0.3, -0.25) is 0 Å². The predicted molar refractivity (Wildman–Crippen MR) is 75.0 cm³/mol. The van der Waals surface area contributed by atoms with Crippen LogP contribution >= 0.6 is 0 Å². The second kappa shape index (κ2) is 5.32. The Balaban J connectivity index is 1.96. The van der Waals surface area contributed by atoms with Crippen molar-refractivity contribution in [3.8, 4) is 0 Å². The zero-order valence-electron chi connectivity index (χ0n) is 12.7. The fraction of sp³-hybridized carbons (Fsp3) is 1.00. The highest BCUT2D eigenvalue weighted by molar-refractivity contribution is 5.02. The Hall–Kier alpha value is -0.160. The second-order valence-corrected chi connectivity index (χ2v) is 7.29. The van der Waals surface area contributed by atoms with Crippen LogP contribution in [0.4, 0.5) is 0 Å². The normalized spacial score (nSPS) is 37.9. The zero-order valence-corrected chi connectivity index (χ0v) is 12.7. The lowest BCUT2D eigenvalue weighted by Crippen LogP contribution is -2.42. The molecule has 0 aliphatic carbocycles. The van der Waals surface area contributed by atoms with Crippen molar-refractivity contribution >= 4 is 0 Å². The third kappa shape index (κ3) is 3.13. The van der Waals surface area contributed by atoms with Crippen LogP contribution in [0.25, 0.3) is 0 Å². The number of hydrogen-bond donors (Lipinski definition) is 2. The summed E-state index contributed by atoms with van der Waals surface area (Å²) in [5.74, 6) is 0.760. The van der Waals surface area contributed by atoms with Crippen molar-refractivity contribution < 1.29 is 14.9 Å². The lowest BCUT2D eigenvalue weighted by molar-refractivity contribution is -0.0912. The molecule has 0 radical (unpaired) electrons. The van der Waals surface area contributed by atoms with Crippen LogP contribution in [0.15, 0.2) is 0 Å². The third-order valence-corrected chi connectivity index (χ3v) is 4.87. The fourth-order valence-electron chi connectivity index (χ4n) is 3.77. The first kappa shape index (κ1) is 15.2. The number of hydrogen-bond acceptors (Lipinski definition) is 4. The van der Waals surface area contributed by atoms with Crippen LogP contribution in [0.1, 0.15) is 40.5 Å². The molecule has 2 saturated heterocycles. The molecule has 0 aromatic rings. The van der Waals surface area contributed by atoms with Crippen molar-refractivity contribution in [1.82, 2.24) is 4.90 Å². The molecule has 0 spiro atoms. The van der Waals surface area contributed by atoms with Crippen molar-refractivity contribution in [2.24, 2.45) is 11.8 Å². The topological polar surface area (TPSA) is 52.9 Å². The summed E-state index contributed by atoms with van der Waals surface area (Å²) in [6.07, 6.45) is 1.64. The Bertz CT molecular complexity index is 317. The summed E-state index contributed by atoms with van der Waals surface area (Å²) in [7, 11) is 0. The molecule has 2 aliphatic rings. The molecule has 112 valence electrons. The van der Waals surface area contributed by atoms with Gasteiger partial charge in [-0.15, -0.1) is 0 Å². The van der Waals surface area contributed by atoms with Gasteiger partial charge in [-0.2, -0.15) is 0 Å². The van der Waals surface area contributed by atoms with E-state index in [1.54, 1.807) is 0 Å². The maximum atomic E-state index is 10.5. The minimum atomic E-state index is -0.460.